The number of nitrogen functional groups attached to an aromatic ring is 1. The number of nitrogens with one attached hydrogen (secondary N) is 2. The molecular weight excluding hydrogens is 238 g/mol. The predicted octanol–water partition coefficient (Wildman–Crippen LogP) is 0.0320. The number of phenols is 2. The van der Waals surface area contributed by atoms with Gasteiger partial charge in [-0.3, -0.25) is 9.78 Å². The first-order valence-electron chi connectivity index (χ1n) is 5.05. The van der Waals surface area contributed by atoms with E-state index in [0.717, 1.165) is 0 Å². The molecule has 0 bridgehead atoms. The summed E-state index contributed by atoms with van der Waals surface area (Å²) in [6.45, 7) is 1.57. The lowest BCUT2D eigenvalue weighted by Gasteiger charge is -2.08. The number of hydrogen-bond acceptors (Lipinski definition) is 5. The normalized spacial score (nSPS) is 10.5. The van der Waals surface area contributed by atoms with Gasteiger partial charge in [0, 0.05) is 5.56 Å². The van der Waals surface area contributed by atoms with Crippen LogP contribution in [-0.4, -0.2) is 20.2 Å². The van der Waals surface area contributed by atoms with Gasteiger partial charge in [0.2, 0.25) is 0 Å². The molecule has 0 aliphatic carbocycles. The van der Waals surface area contributed by atoms with Crippen LogP contribution >= 0.6 is 0 Å². The molecule has 7 heteroatoms. The van der Waals surface area contributed by atoms with E-state index in [-0.39, 0.29) is 22.9 Å². The summed E-state index contributed by atoms with van der Waals surface area (Å²) in [5.41, 5.74) is 4.82. The van der Waals surface area contributed by atoms with Gasteiger partial charge in [-0.05, 0) is 24.6 Å². The zero-order valence-corrected chi connectivity index (χ0v) is 9.44. The second-order valence-electron chi connectivity index (χ2n) is 3.86. The number of rotatable bonds is 1. The first kappa shape index (κ1) is 11.8. The van der Waals surface area contributed by atoms with E-state index < -0.39 is 11.2 Å². The van der Waals surface area contributed by atoms with Crippen molar-refractivity contribution in [3.05, 3.63) is 38.5 Å². The third-order valence-electron chi connectivity index (χ3n) is 2.55. The Hall–Kier alpha value is -2.70. The van der Waals surface area contributed by atoms with E-state index in [2.05, 4.69) is 4.98 Å². The third-order valence-corrected chi connectivity index (χ3v) is 2.55. The molecule has 0 unspecified atom stereocenters. The highest BCUT2D eigenvalue weighted by atomic mass is 16.3. The van der Waals surface area contributed by atoms with E-state index in [1.165, 1.54) is 12.1 Å². The van der Waals surface area contributed by atoms with Crippen LogP contribution in [0.25, 0.3) is 11.3 Å². The van der Waals surface area contributed by atoms with Gasteiger partial charge in [0.05, 0.1) is 5.69 Å². The number of aromatic amines is 2. The highest BCUT2D eigenvalue weighted by Gasteiger charge is 2.12. The van der Waals surface area contributed by atoms with E-state index >= 15 is 0 Å². The lowest BCUT2D eigenvalue weighted by atomic mass is 10.1. The van der Waals surface area contributed by atoms with Crippen molar-refractivity contribution < 1.29 is 10.2 Å². The Morgan fingerprint density at radius 2 is 1.83 bits per heavy atom. The number of H-pyrrole nitrogens is 2. The number of anilines is 1. The van der Waals surface area contributed by atoms with E-state index in [9.17, 15) is 19.8 Å². The minimum atomic E-state index is -0.709. The average Bonchev–Trinajstić information content (AvgIpc) is 2.30. The zero-order chi connectivity index (χ0) is 13.4. The van der Waals surface area contributed by atoms with Crippen LogP contribution in [0.1, 0.15) is 5.56 Å². The zero-order valence-electron chi connectivity index (χ0n) is 9.44. The number of aryl methyl sites for hydroxylation is 1. The maximum Gasteiger partial charge on any atom is 0.326 e. The Morgan fingerprint density at radius 1 is 1.17 bits per heavy atom. The number of phenolic OH excluding ortho intramolecular Hbond substituents is 2. The summed E-state index contributed by atoms with van der Waals surface area (Å²) in [4.78, 5) is 26.9. The summed E-state index contributed by atoms with van der Waals surface area (Å²) in [5, 5.41) is 18.9. The van der Waals surface area contributed by atoms with Gasteiger partial charge in [0.15, 0.2) is 11.5 Å². The number of hydrogen-bond donors (Lipinski definition) is 5. The molecule has 2 rings (SSSR count). The van der Waals surface area contributed by atoms with Gasteiger partial charge in [-0.2, -0.15) is 0 Å². The summed E-state index contributed by atoms with van der Waals surface area (Å²) in [5.74, 6) is -0.616. The maximum atomic E-state index is 11.4. The summed E-state index contributed by atoms with van der Waals surface area (Å²) >= 11 is 0. The van der Waals surface area contributed by atoms with E-state index in [4.69, 9.17) is 5.73 Å². The molecule has 1 aromatic carbocycles. The quantitative estimate of drug-likeness (QED) is 0.455. The summed E-state index contributed by atoms with van der Waals surface area (Å²) in [6, 6.07) is 2.71. The molecular formula is C11H11N3O4. The van der Waals surface area contributed by atoms with Gasteiger partial charge < -0.3 is 20.9 Å². The molecule has 0 spiro atoms. The van der Waals surface area contributed by atoms with Crippen LogP contribution in [-0.2, 0) is 0 Å². The van der Waals surface area contributed by atoms with Crippen molar-refractivity contribution in [1.82, 2.24) is 9.97 Å². The molecule has 0 saturated heterocycles. The Kier molecular flexibility index (Phi) is 2.59. The van der Waals surface area contributed by atoms with Crippen LogP contribution in [0.2, 0.25) is 0 Å². The number of aromatic nitrogens is 2. The topological polar surface area (TPSA) is 132 Å². The third kappa shape index (κ3) is 1.81. The fourth-order valence-electron chi connectivity index (χ4n) is 1.63. The van der Waals surface area contributed by atoms with E-state index in [1.54, 1.807) is 6.92 Å². The van der Waals surface area contributed by atoms with Crippen molar-refractivity contribution in [2.75, 3.05) is 5.73 Å². The van der Waals surface area contributed by atoms with E-state index in [1.807, 2.05) is 4.98 Å². The van der Waals surface area contributed by atoms with Crippen molar-refractivity contribution in [2.24, 2.45) is 0 Å². The minimum absolute atomic E-state index is 0.0992. The average molecular weight is 249 g/mol. The number of aromatic hydroxyl groups is 2. The molecule has 18 heavy (non-hydrogen) atoms. The fraction of sp³-hybridized carbons (Fsp3) is 0.0909. The molecule has 0 radical (unpaired) electrons. The largest absolute Gasteiger partial charge is 0.504 e. The standard InChI is InChI=1S/C11H11N3O4/c1-4-2-5(3-6(15)9(4)16)8-7(12)10(17)14-11(18)13-8/h2-3,15-16H,12H2,1H3,(H2,13,14,17,18). The van der Waals surface area contributed by atoms with Gasteiger partial charge in [-0.15, -0.1) is 0 Å². The molecule has 1 heterocycles. The minimum Gasteiger partial charge on any atom is -0.504 e. The SMILES string of the molecule is Cc1cc(-c2[nH]c(=O)[nH]c(=O)c2N)cc(O)c1O. The highest BCUT2D eigenvalue weighted by molar-refractivity contribution is 5.74. The van der Waals surface area contributed by atoms with Crippen LogP contribution in [0.5, 0.6) is 11.5 Å². The number of benzene rings is 1. The van der Waals surface area contributed by atoms with Crippen molar-refractivity contribution in [3.63, 3.8) is 0 Å². The van der Waals surface area contributed by atoms with Crippen LogP contribution in [0.3, 0.4) is 0 Å². The monoisotopic (exact) mass is 249 g/mol. The van der Waals surface area contributed by atoms with E-state index in [0.29, 0.717) is 11.1 Å². The van der Waals surface area contributed by atoms with Crippen LogP contribution in [0.15, 0.2) is 21.7 Å². The summed E-state index contributed by atoms with van der Waals surface area (Å²) in [7, 11) is 0. The van der Waals surface area contributed by atoms with Gasteiger partial charge in [-0.1, -0.05) is 0 Å². The van der Waals surface area contributed by atoms with Gasteiger partial charge >= 0.3 is 5.69 Å². The van der Waals surface area contributed by atoms with Crippen molar-refractivity contribution in [1.29, 1.82) is 0 Å². The fourth-order valence-corrected chi connectivity index (χ4v) is 1.63. The molecule has 0 saturated carbocycles. The second-order valence-corrected chi connectivity index (χ2v) is 3.86. The maximum absolute atomic E-state index is 11.4. The summed E-state index contributed by atoms with van der Waals surface area (Å²) < 4.78 is 0. The van der Waals surface area contributed by atoms with Crippen molar-refractivity contribution >= 4 is 5.69 Å². The van der Waals surface area contributed by atoms with Crippen LogP contribution in [0.4, 0.5) is 5.69 Å². The number of nitrogens with two attached hydrogens (primary N) is 1. The highest BCUT2D eigenvalue weighted by Crippen LogP contribution is 2.34. The molecule has 0 amide bonds. The Balaban J connectivity index is 2.78. The lowest BCUT2D eigenvalue weighted by Crippen LogP contribution is -2.25. The molecule has 0 aliphatic heterocycles. The van der Waals surface area contributed by atoms with Gasteiger partial charge in [0.1, 0.15) is 5.69 Å². The first-order valence-corrected chi connectivity index (χ1v) is 5.05. The first-order chi connectivity index (χ1) is 8.40. The summed E-state index contributed by atoms with van der Waals surface area (Å²) in [6.07, 6.45) is 0. The Morgan fingerprint density at radius 3 is 2.44 bits per heavy atom. The molecule has 0 aliphatic rings. The Bertz CT molecular complexity index is 707. The predicted molar refractivity (Wildman–Crippen MR) is 65.6 cm³/mol. The molecule has 0 fully saturated rings. The molecule has 94 valence electrons. The Labute approximate surface area is 101 Å². The lowest BCUT2D eigenvalue weighted by molar-refractivity contribution is 0.401. The second kappa shape index (κ2) is 3.95. The van der Waals surface area contributed by atoms with Crippen LogP contribution < -0.4 is 17.0 Å². The van der Waals surface area contributed by atoms with Gasteiger partial charge in [-0.25, -0.2) is 4.79 Å². The smallest absolute Gasteiger partial charge is 0.326 e. The van der Waals surface area contributed by atoms with Crippen molar-refractivity contribution in [2.45, 2.75) is 6.92 Å². The van der Waals surface area contributed by atoms with Crippen molar-refractivity contribution in [3.8, 4) is 22.8 Å². The molecule has 2 aromatic rings. The molecule has 1 aromatic heterocycles. The van der Waals surface area contributed by atoms with Crippen LogP contribution in [0, 0.1) is 6.92 Å². The molecule has 7 nitrogen and oxygen atoms in total. The van der Waals surface area contributed by atoms with Gasteiger partial charge in [0.25, 0.3) is 5.56 Å². The molecule has 0 atom stereocenters. The molecule has 6 N–H and O–H groups in total.